The summed E-state index contributed by atoms with van der Waals surface area (Å²) in [6.07, 6.45) is 7.03. The Morgan fingerprint density at radius 1 is 1.09 bits per heavy atom. The highest BCUT2D eigenvalue weighted by Crippen LogP contribution is 2.32. The molecule has 3 aromatic heterocycles. The molecule has 1 N–H and O–H groups in total. The normalized spacial score (nSPS) is 11.0. The molecule has 4 rings (SSSR count). The number of hydrogen-bond acceptors (Lipinski definition) is 4. The number of imidazole rings is 1. The zero-order valence-corrected chi connectivity index (χ0v) is 12.9. The van der Waals surface area contributed by atoms with Crippen molar-refractivity contribution < 1.29 is 4.42 Å². The number of aryl methyl sites for hydroxylation is 2. The summed E-state index contributed by atoms with van der Waals surface area (Å²) in [5, 5.41) is 3.54. The maximum Gasteiger partial charge on any atom is 0.235 e. The summed E-state index contributed by atoms with van der Waals surface area (Å²) < 4.78 is 7.17. The highest BCUT2D eigenvalue weighted by Gasteiger charge is 2.17. The Morgan fingerprint density at radius 3 is 2.65 bits per heavy atom. The van der Waals surface area contributed by atoms with Gasteiger partial charge in [0.25, 0.3) is 0 Å². The SMILES string of the molecule is Cc1cccc(C)c1Nc1c(-c2ccoc2)nc2ncccn12. The number of aromatic nitrogens is 3. The van der Waals surface area contributed by atoms with E-state index in [0.717, 1.165) is 22.8 Å². The van der Waals surface area contributed by atoms with Crippen LogP contribution in [0.1, 0.15) is 11.1 Å². The van der Waals surface area contributed by atoms with Gasteiger partial charge in [-0.25, -0.2) is 9.97 Å². The highest BCUT2D eigenvalue weighted by atomic mass is 16.3. The molecule has 0 atom stereocenters. The van der Waals surface area contributed by atoms with Gasteiger partial charge < -0.3 is 9.73 Å². The van der Waals surface area contributed by atoms with Crippen LogP contribution >= 0.6 is 0 Å². The van der Waals surface area contributed by atoms with E-state index < -0.39 is 0 Å². The van der Waals surface area contributed by atoms with Crippen LogP contribution in [-0.2, 0) is 0 Å². The van der Waals surface area contributed by atoms with Crippen molar-refractivity contribution in [1.29, 1.82) is 0 Å². The zero-order valence-electron chi connectivity index (χ0n) is 12.9. The van der Waals surface area contributed by atoms with E-state index in [0.29, 0.717) is 5.78 Å². The number of nitrogens with zero attached hydrogens (tertiary/aromatic N) is 3. The minimum absolute atomic E-state index is 0.650. The van der Waals surface area contributed by atoms with Gasteiger partial charge >= 0.3 is 0 Å². The van der Waals surface area contributed by atoms with Crippen molar-refractivity contribution in [2.45, 2.75) is 13.8 Å². The van der Waals surface area contributed by atoms with Crippen LogP contribution in [0, 0.1) is 13.8 Å². The minimum Gasteiger partial charge on any atom is -0.472 e. The van der Waals surface area contributed by atoms with Crippen LogP contribution in [0.4, 0.5) is 11.5 Å². The summed E-state index contributed by atoms with van der Waals surface area (Å²) in [5.74, 6) is 1.53. The quantitative estimate of drug-likeness (QED) is 0.611. The smallest absolute Gasteiger partial charge is 0.235 e. The van der Waals surface area contributed by atoms with Gasteiger partial charge in [0.05, 0.1) is 12.5 Å². The maximum atomic E-state index is 5.22. The monoisotopic (exact) mass is 304 g/mol. The molecular formula is C18H16N4O. The fourth-order valence-corrected chi connectivity index (χ4v) is 2.74. The molecule has 0 aliphatic heterocycles. The van der Waals surface area contributed by atoms with E-state index >= 15 is 0 Å². The van der Waals surface area contributed by atoms with Gasteiger partial charge in [-0.1, -0.05) is 18.2 Å². The third kappa shape index (κ3) is 2.26. The van der Waals surface area contributed by atoms with Crippen molar-refractivity contribution in [3.8, 4) is 11.3 Å². The van der Waals surface area contributed by atoms with Crippen molar-refractivity contribution in [2.75, 3.05) is 5.32 Å². The van der Waals surface area contributed by atoms with Crippen LogP contribution in [0.15, 0.2) is 59.7 Å². The van der Waals surface area contributed by atoms with E-state index in [4.69, 9.17) is 4.42 Å². The first-order valence-corrected chi connectivity index (χ1v) is 7.43. The molecule has 23 heavy (non-hydrogen) atoms. The lowest BCUT2D eigenvalue weighted by Gasteiger charge is -2.13. The van der Waals surface area contributed by atoms with Crippen LogP contribution in [0.2, 0.25) is 0 Å². The Morgan fingerprint density at radius 2 is 1.91 bits per heavy atom. The topological polar surface area (TPSA) is 55.4 Å². The molecule has 0 aliphatic rings. The fraction of sp³-hybridized carbons (Fsp3) is 0.111. The van der Waals surface area contributed by atoms with E-state index in [1.54, 1.807) is 18.7 Å². The van der Waals surface area contributed by atoms with Crippen molar-refractivity contribution in [3.05, 3.63) is 66.4 Å². The van der Waals surface area contributed by atoms with Crippen molar-refractivity contribution in [3.63, 3.8) is 0 Å². The summed E-state index contributed by atoms with van der Waals surface area (Å²) in [5.41, 5.74) is 5.19. The van der Waals surface area contributed by atoms with E-state index in [9.17, 15) is 0 Å². The third-order valence-electron chi connectivity index (χ3n) is 3.92. The number of hydrogen-bond donors (Lipinski definition) is 1. The van der Waals surface area contributed by atoms with Gasteiger partial charge in [0.15, 0.2) is 0 Å². The molecule has 0 unspecified atom stereocenters. The number of benzene rings is 1. The summed E-state index contributed by atoms with van der Waals surface area (Å²) in [7, 11) is 0. The second-order valence-corrected chi connectivity index (χ2v) is 5.50. The van der Waals surface area contributed by atoms with Gasteiger partial charge in [0.2, 0.25) is 5.78 Å². The highest BCUT2D eigenvalue weighted by molar-refractivity contribution is 5.79. The average Bonchev–Trinajstić information content (AvgIpc) is 3.19. The van der Waals surface area contributed by atoms with Gasteiger partial charge in [-0.2, -0.15) is 0 Å². The van der Waals surface area contributed by atoms with Crippen molar-refractivity contribution in [1.82, 2.24) is 14.4 Å². The zero-order chi connectivity index (χ0) is 15.8. The largest absolute Gasteiger partial charge is 0.472 e. The number of anilines is 2. The van der Waals surface area contributed by atoms with Crippen LogP contribution < -0.4 is 5.32 Å². The molecule has 4 aromatic rings. The first-order chi connectivity index (χ1) is 11.2. The van der Waals surface area contributed by atoms with E-state index in [-0.39, 0.29) is 0 Å². The summed E-state index contributed by atoms with van der Waals surface area (Å²) >= 11 is 0. The second kappa shape index (κ2) is 5.28. The first kappa shape index (κ1) is 13.6. The molecule has 0 amide bonds. The van der Waals surface area contributed by atoms with Crippen molar-refractivity contribution >= 4 is 17.3 Å². The molecule has 0 radical (unpaired) electrons. The predicted molar refractivity (Wildman–Crippen MR) is 89.9 cm³/mol. The Hall–Kier alpha value is -3.08. The summed E-state index contributed by atoms with van der Waals surface area (Å²) in [4.78, 5) is 8.98. The molecule has 5 nitrogen and oxygen atoms in total. The standard InChI is InChI=1S/C18H16N4O/c1-12-5-3-6-13(2)15(12)20-17-16(14-7-10-23-11-14)21-18-19-8-4-9-22(17)18/h3-11,20H,1-2H3. The molecule has 5 heteroatoms. The van der Waals surface area contributed by atoms with Crippen molar-refractivity contribution in [2.24, 2.45) is 0 Å². The van der Waals surface area contributed by atoms with Crippen LogP contribution in [-0.4, -0.2) is 14.4 Å². The Bertz CT molecular complexity index is 950. The molecule has 0 bridgehead atoms. The lowest BCUT2D eigenvalue weighted by Crippen LogP contribution is -2.00. The van der Waals surface area contributed by atoms with Gasteiger partial charge in [0, 0.05) is 23.6 Å². The number of furan rings is 1. The van der Waals surface area contributed by atoms with Gasteiger partial charge in [-0.3, -0.25) is 4.40 Å². The molecule has 0 saturated carbocycles. The molecule has 114 valence electrons. The van der Waals surface area contributed by atoms with E-state index in [1.165, 1.54) is 11.1 Å². The Labute approximate surface area is 133 Å². The van der Waals surface area contributed by atoms with Crippen LogP contribution in [0.5, 0.6) is 0 Å². The van der Waals surface area contributed by atoms with Crippen LogP contribution in [0.3, 0.4) is 0 Å². The third-order valence-corrected chi connectivity index (χ3v) is 3.92. The molecule has 0 fully saturated rings. The summed E-state index contributed by atoms with van der Waals surface area (Å²) in [6, 6.07) is 10.0. The Kier molecular flexibility index (Phi) is 3.12. The lowest BCUT2D eigenvalue weighted by atomic mass is 10.1. The average molecular weight is 304 g/mol. The van der Waals surface area contributed by atoms with Gasteiger partial charge in [0.1, 0.15) is 11.5 Å². The first-order valence-electron chi connectivity index (χ1n) is 7.43. The molecule has 0 aliphatic carbocycles. The predicted octanol–water partition coefficient (Wildman–Crippen LogP) is 4.35. The molecule has 1 aromatic carbocycles. The summed E-state index contributed by atoms with van der Waals surface area (Å²) in [6.45, 7) is 4.18. The number of para-hydroxylation sites is 1. The molecule has 0 spiro atoms. The molecule has 0 saturated heterocycles. The molecule has 3 heterocycles. The number of nitrogens with one attached hydrogen (secondary N) is 1. The van der Waals surface area contributed by atoms with E-state index in [2.05, 4.69) is 47.3 Å². The van der Waals surface area contributed by atoms with E-state index in [1.807, 2.05) is 22.7 Å². The minimum atomic E-state index is 0.650. The number of fused-ring (bicyclic) bond motifs is 1. The maximum absolute atomic E-state index is 5.22. The number of rotatable bonds is 3. The van der Waals surface area contributed by atoms with Gasteiger partial charge in [-0.15, -0.1) is 0 Å². The fourth-order valence-electron chi connectivity index (χ4n) is 2.74. The second-order valence-electron chi connectivity index (χ2n) is 5.50. The van der Waals surface area contributed by atoms with Crippen LogP contribution in [0.25, 0.3) is 17.0 Å². The lowest BCUT2D eigenvalue weighted by molar-refractivity contribution is 0.568. The Balaban J connectivity index is 1.93. The van der Waals surface area contributed by atoms with Gasteiger partial charge in [-0.05, 0) is 37.1 Å². The molecular weight excluding hydrogens is 288 g/mol.